The Balaban J connectivity index is 1.80. The van der Waals surface area contributed by atoms with Crippen molar-refractivity contribution >= 4 is 39.1 Å². The normalized spacial score (nSPS) is 10.3. The van der Waals surface area contributed by atoms with Gasteiger partial charge in [0.25, 0.3) is 5.91 Å². The average Bonchev–Trinajstić information content (AvgIpc) is 2.91. The first-order valence-corrected chi connectivity index (χ1v) is 8.51. The lowest BCUT2D eigenvalue weighted by molar-refractivity contribution is -0.119. The maximum Gasteiger partial charge on any atom is 0.251 e. The summed E-state index contributed by atoms with van der Waals surface area (Å²) in [6.45, 7) is 2.57. The van der Waals surface area contributed by atoms with E-state index >= 15 is 0 Å². The van der Waals surface area contributed by atoms with Crippen LogP contribution >= 0.6 is 27.3 Å². The number of benzene rings is 1. The highest BCUT2D eigenvalue weighted by Gasteiger charge is 2.05. The zero-order valence-electron chi connectivity index (χ0n) is 12.2. The second kappa shape index (κ2) is 8.10. The first-order valence-electron chi connectivity index (χ1n) is 6.90. The van der Waals surface area contributed by atoms with E-state index in [0.717, 1.165) is 15.8 Å². The van der Waals surface area contributed by atoms with Crippen molar-refractivity contribution in [3.05, 3.63) is 56.2 Å². The summed E-state index contributed by atoms with van der Waals surface area (Å²) >= 11 is 5.10. The Bertz CT molecular complexity index is 652. The fraction of sp³-hybridized carbons (Fsp3) is 0.250. The number of amides is 2. The summed E-state index contributed by atoms with van der Waals surface area (Å²) in [5, 5.41) is 5.63. The molecule has 22 heavy (non-hydrogen) atoms. The molecule has 2 amide bonds. The van der Waals surface area contributed by atoms with Crippen molar-refractivity contribution in [1.29, 1.82) is 0 Å². The summed E-state index contributed by atoms with van der Waals surface area (Å²) in [6, 6.07) is 11.3. The molecule has 2 rings (SSSR count). The topological polar surface area (TPSA) is 58.2 Å². The van der Waals surface area contributed by atoms with E-state index in [1.165, 1.54) is 11.8 Å². The maximum atomic E-state index is 12.0. The molecule has 0 unspecified atom stereocenters. The Morgan fingerprint density at radius 2 is 1.82 bits per heavy atom. The smallest absolute Gasteiger partial charge is 0.251 e. The fourth-order valence-corrected chi connectivity index (χ4v) is 3.37. The van der Waals surface area contributed by atoms with Gasteiger partial charge in [-0.3, -0.25) is 9.59 Å². The predicted molar refractivity (Wildman–Crippen MR) is 92.0 cm³/mol. The molecule has 0 radical (unpaired) electrons. The van der Waals surface area contributed by atoms with Crippen molar-refractivity contribution in [2.24, 2.45) is 0 Å². The van der Waals surface area contributed by atoms with Crippen LogP contribution < -0.4 is 10.6 Å². The standard InChI is InChI=1S/C16H17BrN2O2S/c1-11(20)19-10-12-2-4-13(5-3-12)16(21)18-9-8-14-6-7-15(17)22-14/h2-7H,8-10H2,1H3,(H,18,21)(H,19,20). The molecule has 0 bridgehead atoms. The largest absolute Gasteiger partial charge is 0.352 e. The van der Waals surface area contributed by atoms with Gasteiger partial charge in [0.05, 0.1) is 3.79 Å². The Morgan fingerprint density at radius 3 is 2.41 bits per heavy atom. The Kier molecular flexibility index (Phi) is 6.15. The van der Waals surface area contributed by atoms with E-state index in [0.29, 0.717) is 18.7 Å². The first kappa shape index (κ1) is 16.7. The number of nitrogens with one attached hydrogen (secondary N) is 2. The van der Waals surface area contributed by atoms with E-state index in [9.17, 15) is 9.59 Å². The third-order valence-electron chi connectivity index (χ3n) is 3.04. The van der Waals surface area contributed by atoms with E-state index in [4.69, 9.17) is 0 Å². The molecule has 0 saturated carbocycles. The minimum Gasteiger partial charge on any atom is -0.352 e. The summed E-state index contributed by atoms with van der Waals surface area (Å²) in [7, 11) is 0. The van der Waals surface area contributed by atoms with Gasteiger partial charge < -0.3 is 10.6 Å². The van der Waals surface area contributed by atoms with Gasteiger partial charge in [-0.25, -0.2) is 0 Å². The van der Waals surface area contributed by atoms with E-state index in [2.05, 4.69) is 32.6 Å². The fourth-order valence-electron chi connectivity index (χ4n) is 1.89. The molecule has 0 aliphatic rings. The Hall–Kier alpha value is -1.66. The molecule has 0 saturated heterocycles. The molecule has 2 aromatic rings. The van der Waals surface area contributed by atoms with E-state index < -0.39 is 0 Å². The number of carbonyl (C=O) groups is 2. The SMILES string of the molecule is CC(=O)NCc1ccc(C(=O)NCCc2ccc(Br)s2)cc1. The molecule has 1 aromatic heterocycles. The highest BCUT2D eigenvalue weighted by Crippen LogP contribution is 2.22. The third kappa shape index (κ3) is 5.27. The number of hydrogen-bond acceptors (Lipinski definition) is 3. The van der Waals surface area contributed by atoms with Gasteiger partial charge in [-0.05, 0) is 52.2 Å². The van der Waals surface area contributed by atoms with Crippen LogP contribution in [0.1, 0.15) is 27.7 Å². The number of halogens is 1. The molecule has 2 N–H and O–H groups in total. The molecular formula is C16H17BrN2O2S. The molecule has 0 aliphatic heterocycles. The molecule has 1 heterocycles. The second-order valence-electron chi connectivity index (χ2n) is 4.82. The van der Waals surface area contributed by atoms with E-state index in [1.54, 1.807) is 23.5 Å². The van der Waals surface area contributed by atoms with Crippen LogP contribution in [0.25, 0.3) is 0 Å². The van der Waals surface area contributed by atoms with Crippen LogP contribution in [0.4, 0.5) is 0 Å². The lowest BCUT2D eigenvalue weighted by Crippen LogP contribution is -2.25. The van der Waals surface area contributed by atoms with Crippen molar-refractivity contribution < 1.29 is 9.59 Å². The molecule has 1 aromatic carbocycles. The van der Waals surface area contributed by atoms with E-state index in [-0.39, 0.29) is 11.8 Å². The number of thiophene rings is 1. The van der Waals surface area contributed by atoms with Gasteiger partial charge in [0.15, 0.2) is 0 Å². The zero-order valence-corrected chi connectivity index (χ0v) is 14.6. The number of carbonyl (C=O) groups excluding carboxylic acids is 2. The Morgan fingerprint density at radius 1 is 1.09 bits per heavy atom. The molecule has 0 atom stereocenters. The minimum atomic E-state index is -0.0818. The van der Waals surface area contributed by atoms with Crippen molar-refractivity contribution in [2.75, 3.05) is 6.54 Å². The molecular weight excluding hydrogens is 364 g/mol. The van der Waals surface area contributed by atoms with Crippen LogP contribution in [0, 0.1) is 0 Å². The van der Waals surface area contributed by atoms with Crippen LogP contribution in [-0.4, -0.2) is 18.4 Å². The first-order chi connectivity index (χ1) is 10.5. The highest BCUT2D eigenvalue weighted by atomic mass is 79.9. The molecule has 6 heteroatoms. The van der Waals surface area contributed by atoms with E-state index in [1.807, 2.05) is 18.2 Å². The van der Waals surface area contributed by atoms with Gasteiger partial charge >= 0.3 is 0 Å². The summed E-state index contributed by atoms with van der Waals surface area (Å²) in [4.78, 5) is 24.1. The van der Waals surface area contributed by atoms with Gasteiger partial charge in [0.2, 0.25) is 5.91 Å². The van der Waals surface area contributed by atoms with Crippen LogP contribution in [0.3, 0.4) is 0 Å². The van der Waals surface area contributed by atoms with Gasteiger partial charge in [0.1, 0.15) is 0 Å². The van der Waals surface area contributed by atoms with Crippen molar-refractivity contribution in [3.63, 3.8) is 0 Å². The second-order valence-corrected chi connectivity index (χ2v) is 7.37. The van der Waals surface area contributed by atoms with Crippen molar-refractivity contribution in [3.8, 4) is 0 Å². The Labute approximate surface area is 142 Å². The lowest BCUT2D eigenvalue weighted by atomic mass is 10.1. The van der Waals surface area contributed by atoms with Crippen LogP contribution in [0.15, 0.2) is 40.2 Å². The molecule has 4 nitrogen and oxygen atoms in total. The zero-order chi connectivity index (χ0) is 15.9. The van der Waals surface area contributed by atoms with Crippen LogP contribution in [0.5, 0.6) is 0 Å². The lowest BCUT2D eigenvalue weighted by Gasteiger charge is -2.06. The van der Waals surface area contributed by atoms with Gasteiger partial charge in [-0.1, -0.05) is 12.1 Å². The van der Waals surface area contributed by atoms with Crippen molar-refractivity contribution in [2.45, 2.75) is 19.9 Å². The summed E-state index contributed by atoms with van der Waals surface area (Å²) < 4.78 is 1.10. The van der Waals surface area contributed by atoms with Crippen LogP contribution in [0.2, 0.25) is 0 Å². The average molecular weight is 381 g/mol. The summed E-state index contributed by atoms with van der Waals surface area (Å²) in [5.41, 5.74) is 1.59. The molecule has 0 aliphatic carbocycles. The highest BCUT2D eigenvalue weighted by molar-refractivity contribution is 9.11. The number of rotatable bonds is 6. The van der Waals surface area contributed by atoms with Gasteiger partial charge in [-0.2, -0.15) is 0 Å². The summed E-state index contributed by atoms with van der Waals surface area (Å²) in [5.74, 6) is -0.149. The minimum absolute atomic E-state index is 0.0676. The third-order valence-corrected chi connectivity index (χ3v) is 4.73. The van der Waals surface area contributed by atoms with Crippen LogP contribution in [-0.2, 0) is 17.8 Å². The monoisotopic (exact) mass is 380 g/mol. The quantitative estimate of drug-likeness (QED) is 0.808. The molecule has 116 valence electrons. The van der Waals surface area contributed by atoms with Gasteiger partial charge in [-0.15, -0.1) is 11.3 Å². The number of hydrogen-bond donors (Lipinski definition) is 2. The molecule has 0 fully saturated rings. The predicted octanol–water partition coefficient (Wildman–Crippen LogP) is 3.12. The van der Waals surface area contributed by atoms with Gasteiger partial charge in [0, 0.05) is 30.5 Å². The summed E-state index contributed by atoms with van der Waals surface area (Å²) in [6.07, 6.45) is 0.822. The van der Waals surface area contributed by atoms with Crippen molar-refractivity contribution in [1.82, 2.24) is 10.6 Å². The maximum absolute atomic E-state index is 12.0. The molecule has 0 spiro atoms.